The summed E-state index contributed by atoms with van der Waals surface area (Å²) in [7, 11) is -3.38. The lowest BCUT2D eigenvalue weighted by molar-refractivity contribution is -0.158. The van der Waals surface area contributed by atoms with Crippen LogP contribution >= 0.6 is 19.6 Å². The fraction of sp³-hybridized carbons (Fsp3) is 0.353. The van der Waals surface area contributed by atoms with E-state index in [-0.39, 0.29) is 24.7 Å². The Morgan fingerprint density at radius 3 is 2.59 bits per heavy atom. The third-order valence-electron chi connectivity index (χ3n) is 3.90. The zero-order chi connectivity index (χ0) is 23.4. The van der Waals surface area contributed by atoms with E-state index in [1.807, 2.05) is 0 Å². The Bertz CT molecular complexity index is 1110. The summed E-state index contributed by atoms with van der Waals surface area (Å²) in [6.45, 7) is -1.65. The molecule has 10 nitrogen and oxygen atoms in total. The van der Waals surface area contributed by atoms with Gasteiger partial charge in [-0.15, -0.1) is 0 Å². The monoisotopic (exact) mass is 493 g/mol. The van der Waals surface area contributed by atoms with Crippen LogP contribution in [0.15, 0.2) is 40.5 Å². The van der Waals surface area contributed by atoms with Crippen LogP contribution in [0.2, 0.25) is 0 Å². The predicted molar refractivity (Wildman–Crippen MR) is 109 cm³/mol. The molecule has 1 aromatic carbocycles. The van der Waals surface area contributed by atoms with E-state index >= 15 is 0 Å². The molecule has 32 heavy (non-hydrogen) atoms. The number of phenols is 1. The molecule has 1 atom stereocenters. The van der Waals surface area contributed by atoms with Crippen molar-refractivity contribution in [2.75, 3.05) is 26.1 Å². The van der Waals surface area contributed by atoms with Crippen molar-refractivity contribution in [3.05, 3.63) is 30.6 Å². The number of imidazole rings is 1. The third-order valence-corrected chi connectivity index (χ3v) is 6.28. The van der Waals surface area contributed by atoms with Crippen LogP contribution in [-0.4, -0.2) is 51.1 Å². The fourth-order valence-electron chi connectivity index (χ4n) is 2.50. The molecule has 0 aliphatic carbocycles. The Balaban J connectivity index is 1.65. The number of hydrogen-bond acceptors (Lipinski definition) is 10. The molecule has 2 heterocycles. The van der Waals surface area contributed by atoms with Crippen LogP contribution in [0.3, 0.4) is 0 Å². The second-order valence-electron chi connectivity index (χ2n) is 6.30. The van der Waals surface area contributed by atoms with Crippen LogP contribution in [0.25, 0.3) is 11.2 Å². The number of phosphoric acid groups is 1. The molecule has 2 aromatic heterocycles. The van der Waals surface area contributed by atoms with Crippen molar-refractivity contribution in [1.29, 1.82) is 0 Å². The van der Waals surface area contributed by atoms with Crippen molar-refractivity contribution < 1.29 is 36.4 Å². The standard InChI is InChI=1S/C17H19F3N5O5PS/c1-28-31(27,30-9-17(18,19)20)29-8-2-7-25-10-22-13-14(25)23-16(21)24-15(13)32-12-5-3-11(26)4-6-12/h3-6,10,26H,2,7-9H2,1H3,(H2,21,23,24). The Hall–Kier alpha value is -2.38. The van der Waals surface area contributed by atoms with Gasteiger partial charge >= 0.3 is 14.0 Å². The third kappa shape index (κ3) is 6.56. The minimum Gasteiger partial charge on any atom is -0.508 e. The average molecular weight is 493 g/mol. The van der Waals surface area contributed by atoms with E-state index in [0.29, 0.717) is 22.7 Å². The highest BCUT2D eigenvalue weighted by atomic mass is 32.2. The van der Waals surface area contributed by atoms with Gasteiger partial charge in [-0.2, -0.15) is 18.2 Å². The normalized spacial score (nSPS) is 14.0. The van der Waals surface area contributed by atoms with Gasteiger partial charge in [0.15, 0.2) is 12.3 Å². The smallest absolute Gasteiger partial charge is 0.474 e. The van der Waals surface area contributed by atoms with Crippen molar-refractivity contribution in [3.63, 3.8) is 0 Å². The molecule has 0 saturated carbocycles. The van der Waals surface area contributed by atoms with E-state index in [9.17, 15) is 22.8 Å². The molecule has 3 N–H and O–H groups in total. The summed E-state index contributed by atoms with van der Waals surface area (Å²) >= 11 is 1.29. The van der Waals surface area contributed by atoms with Crippen molar-refractivity contribution in [2.45, 2.75) is 29.1 Å². The maximum atomic E-state index is 12.3. The summed E-state index contributed by atoms with van der Waals surface area (Å²) in [5.74, 6) is 0.163. The lowest BCUT2D eigenvalue weighted by Crippen LogP contribution is -2.17. The van der Waals surface area contributed by atoms with Gasteiger partial charge in [-0.05, 0) is 30.7 Å². The topological polar surface area (TPSA) is 135 Å². The van der Waals surface area contributed by atoms with Crippen LogP contribution < -0.4 is 5.73 Å². The quantitative estimate of drug-likeness (QED) is 0.242. The minimum absolute atomic E-state index is 0.0289. The number of nitrogens with zero attached hydrogens (tertiary/aromatic N) is 4. The van der Waals surface area contributed by atoms with Gasteiger partial charge in [-0.25, -0.2) is 14.5 Å². The van der Waals surface area contributed by atoms with E-state index in [0.717, 1.165) is 12.0 Å². The zero-order valence-electron chi connectivity index (χ0n) is 16.7. The Kier molecular flexibility index (Phi) is 7.62. The number of rotatable bonds is 10. The Morgan fingerprint density at radius 2 is 1.94 bits per heavy atom. The van der Waals surface area contributed by atoms with Gasteiger partial charge in [0.2, 0.25) is 5.95 Å². The molecule has 3 rings (SSSR count). The molecule has 3 aromatic rings. The number of aryl methyl sites for hydroxylation is 1. The summed E-state index contributed by atoms with van der Waals surface area (Å²) in [5.41, 5.74) is 6.77. The molecule has 0 aliphatic heterocycles. The van der Waals surface area contributed by atoms with Gasteiger partial charge in [-0.3, -0.25) is 13.6 Å². The molecule has 0 fully saturated rings. The molecular weight excluding hydrogens is 474 g/mol. The number of phosphoric ester groups is 1. The molecule has 1 unspecified atom stereocenters. The summed E-state index contributed by atoms with van der Waals surface area (Å²) in [4.78, 5) is 13.5. The summed E-state index contributed by atoms with van der Waals surface area (Å²) in [6, 6.07) is 6.51. The lowest BCUT2D eigenvalue weighted by Gasteiger charge is -2.16. The summed E-state index contributed by atoms with van der Waals surface area (Å²) in [5, 5.41) is 9.92. The SMILES string of the molecule is COP(=O)(OCCCn1cnc2c(Sc3ccc(O)cc3)nc(N)nc21)OCC(F)(F)F. The maximum Gasteiger partial charge on any atom is 0.474 e. The largest absolute Gasteiger partial charge is 0.508 e. The number of phenolic OH excluding ortho intramolecular Hbond substituents is 1. The summed E-state index contributed by atoms with van der Waals surface area (Å²) in [6.07, 6.45) is -2.91. The van der Waals surface area contributed by atoms with Crippen LogP contribution in [-0.2, 0) is 24.7 Å². The zero-order valence-corrected chi connectivity index (χ0v) is 18.4. The van der Waals surface area contributed by atoms with Crippen molar-refractivity contribution >= 4 is 36.7 Å². The maximum absolute atomic E-state index is 12.3. The van der Waals surface area contributed by atoms with E-state index in [4.69, 9.17) is 10.3 Å². The highest BCUT2D eigenvalue weighted by molar-refractivity contribution is 7.99. The van der Waals surface area contributed by atoms with E-state index in [1.165, 1.54) is 18.1 Å². The number of hydrogen-bond donors (Lipinski definition) is 2. The number of benzene rings is 1. The number of halogens is 3. The molecule has 0 radical (unpaired) electrons. The van der Waals surface area contributed by atoms with E-state index in [1.54, 1.807) is 28.8 Å². The Labute approximate surface area is 184 Å². The first kappa shape index (κ1) is 24.3. The minimum atomic E-state index is -4.66. The van der Waals surface area contributed by atoms with E-state index in [2.05, 4.69) is 24.0 Å². The first-order valence-corrected chi connectivity index (χ1v) is 11.3. The van der Waals surface area contributed by atoms with E-state index < -0.39 is 20.6 Å². The number of nitrogens with two attached hydrogens (primary N) is 1. The van der Waals surface area contributed by atoms with Gasteiger partial charge in [0.1, 0.15) is 16.3 Å². The average Bonchev–Trinajstić information content (AvgIpc) is 3.14. The van der Waals surface area contributed by atoms with Crippen LogP contribution in [0.1, 0.15) is 6.42 Å². The van der Waals surface area contributed by atoms with Crippen LogP contribution in [0, 0.1) is 0 Å². The van der Waals surface area contributed by atoms with Gasteiger partial charge in [0, 0.05) is 18.6 Å². The highest BCUT2D eigenvalue weighted by Crippen LogP contribution is 2.49. The van der Waals surface area contributed by atoms with Crippen LogP contribution in [0.5, 0.6) is 5.75 Å². The summed E-state index contributed by atoms with van der Waals surface area (Å²) < 4.78 is 64.1. The molecule has 0 aliphatic rings. The Morgan fingerprint density at radius 1 is 1.22 bits per heavy atom. The number of aromatic nitrogens is 4. The second kappa shape index (κ2) is 10.0. The van der Waals surface area contributed by atoms with Gasteiger partial charge in [0.25, 0.3) is 0 Å². The van der Waals surface area contributed by atoms with Gasteiger partial charge < -0.3 is 15.4 Å². The molecular formula is C17H19F3N5O5PS. The molecule has 15 heteroatoms. The molecule has 0 saturated heterocycles. The highest BCUT2D eigenvalue weighted by Gasteiger charge is 2.35. The first-order chi connectivity index (χ1) is 15.1. The first-order valence-electron chi connectivity index (χ1n) is 9.05. The molecule has 0 bridgehead atoms. The van der Waals surface area contributed by atoms with Crippen molar-refractivity contribution in [2.24, 2.45) is 0 Å². The number of aromatic hydroxyl groups is 1. The lowest BCUT2D eigenvalue weighted by atomic mass is 10.3. The molecule has 0 spiro atoms. The number of anilines is 1. The van der Waals surface area contributed by atoms with Crippen LogP contribution in [0.4, 0.5) is 19.1 Å². The molecule has 0 amide bonds. The van der Waals surface area contributed by atoms with Gasteiger partial charge in [-0.1, -0.05) is 11.8 Å². The number of nitrogen functional groups attached to an aromatic ring is 1. The molecule has 174 valence electrons. The predicted octanol–water partition coefficient (Wildman–Crippen LogP) is 4.01. The second-order valence-corrected chi connectivity index (χ2v) is 9.14. The fourth-order valence-corrected chi connectivity index (χ4v) is 4.32. The number of fused-ring (bicyclic) bond motifs is 1. The van der Waals surface area contributed by atoms with Gasteiger partial charge in [0.05, 0.1) is 12.9 Å². The van der Waals surface area contributed by atoms with Crippen molar-refractivity contribution in [1.82, 2.24) is 19.5 Å². The van der Waals surface area contributed by atoms with Crippen molar-refractivity contribution in [3.8, 4) is 5.75 Å². The number of alkyl halides is 3.